The molecule has 0 bridgehead atoms. The van der Waals surface area contributed by atoms with Crippen molar-refractivity contribution < 1.29 is 15.0 Å². The third kappa shape index (κ3) is 9.82. The van der Waals surface area contributed by atoms with E-state index in [4.69, 9.17) is 0 Å². The van der Waals surface area contributed by atoms with Crippen molar-refractivity contribution in [2.75, 3.05) is 0 Å². The van der Waals surface area contributed by atoms with Crippen LogP contribution in [0.2, 0.25) is 0 Å². The molecule has 2 rings (SSSR count). The van der Waals surface area contributed by atoms with Crippen LogP contribution in [0.5, 0.6) is 0 Å². The van der Waals surface area contributed by atoms with E-state index in [1.54, 1.807) is 0 Å². The Hall–Kier alpha value is -1.97. The van der Waals surface area contributed by atoms with E-state index >= 15 is 0 Å². The maximum atomic E-state index is 14.3. The minimum absolute atomic E-state index is 0.0498. The lowest BCUT2D eigenvalue weighted by atomic mass is 9.76. The van der Waals surface area contributed by atoms with Crippen molar-refractivity contribution in [3.8, 4) is 0 Å². The molecule has 2 aromatic rings. The van der Waals surface area contributed by atoms with E-state index < -0.39 is 0 Å². The highest BCUT2D eigenvalue weighted by Crippen LogP contribution is 2.36. The lowest BCUT2D eigenvalue weighted by Crippen LogP contribution is -2.23. The maximum Gasteiger partial charge on any atom is 0.147 e. The molecular formula is C33H50O3. The first kappa shape index (κ1) is 30.3. The Morgan fingerprint density at radius 2 is 0.944 bits per heavy atom. The zero-order valence-corrected chi connectivity index (χ0v) is 22.9. The Morgan fingerprint density at radius 3 is 1.33 bits per heavy atom. The largest absolute Gasteiger partial charge is 0.392 e. The Morgan fingerprint density at radius 1 is 0.583 bits per heavy atom. The van der Waals surface area contributed by atoms with Gasteiger partial charge in [0.25, 0.3) is 0 Å². The number of hydrogen-bond acceptors (Lipinski definition) is 3. The topological polar surface area (TPSA) is 57.5 Å². The van der Waals surface area contributed by atoms with Crippen LogP contribution in [0.3, 0.4) is 0 Å². The van der Waals surface area contributed by atoms with Crippen LogP contribution in [0.4, 0.5) is 0 Å². The van der Waals surface area contributed by atoms with Crippen LogP contribution < -0.4 is 0 Å². The zero-order chi connectivity index (χ0) is 26.0. The van der Waals surface area contributed by atoms with Gasteiger partial charge in [0.2, 0.25) is 0 Å². The second-order valence-corrected chi connectivity index (χ2v) is 10.3. The molecule has 0 aliphatic heterocycles. The molecule has 2 unspecified atom stereocenters. The van der Waals surface area contributed by atoms with Crippen molar-refractivity contribution in [1.82, 2.24) is 0 Å². The Labute approximate surface area is 220 Å². The highest BCUT2D eigenvalue weighted by Gasteiger charge is 2.31. The molecule has 3 nitrogen and oxygen atoms in total. The molecule has 0 heterocycles. The molecule has 0 spiro atoms. The highest BCUT2D eigenvalue weighted by molar-refractivity contribution is 5.92. The lowest BCUT2D eigenvalue weighted by molar-refractivity contribution is -0.122. The van der Waals surface area contributed by atoms with Crippen LogP contribution in [-0.2, 0) is 18.0 Å². The number of carbonyl (C=O) groups excluding carboxylic acids is 1. The molecule has 0 saturated heterocycles. The lowest BCUT2D eigenvalue weighted by Gasteiger charge is -2.26. The average Bonchev–Trinajstić information content (AvgIpc) is 2.92. The van der Waals surface area contributed by atoms with Gasteiger partial charge < -0.3 is 10.2 Å². The zero-order valence-electron chi connectivity index (χ0n) is 22.9. The normalized spacial score (nSPS) is 13.0. The van der Waals surface area contributed by atoms with Crippen molar-refractivity contribution in [2.45, 2.75) is 129 Å². The monoisotopic (exact) mass is 494 g/mol. The molecule has 0 fully saturated rings. The number of Topliss-reactive ketones (excluding diaryl/α,β-unsaturated/α-hetero) is 1. The molecule has 0 aromatic heterocycles. The number of aliphatic hydroxyl groups is 2. The Kier molecular flexibility index (Phi) is 15.4. The number of aliphatic hydroxyl groups excluding tert-OH is 2. The fraction of sp³-hybridized carbons (Fsp3) is 0.606. The molecule has 0 aliphatic carbocycles. The van der Waals surface area contributed by atoms with Crippen LogP contribution in [-0.4, -0.2) is 16.0 Å². The smallest absolute Gasteiger partial charge is 0.147 e. The summed E-state index contributed by atoms with van der Waals surface area (Å²) in [5.74, 6) is -0.202. The number of unbranched alkanes of at least 4 members (excludes halogenated alkanes) is 10. The van der Waals surface area contributed by atoms with Gasteiger partial charge in [-0.05, 0) is 35.1 Å². The molecule has 0 amide bonds. The molecule has 2 N–H and O–H groups in total. The fourth-order valence-electron chi connectivity index (χ4n) is 5.44. The average molecular weight is 495 g/mol. The standard InChI is InChI=1S/C33H50O3/c1-3-5-7-9-11-13-23-31(29-21-17-15-19-27(29)25-34)33(36)32(24-14-12-10-8-6-4-2)30-22-18-16-20-28(30)26-35/h15-22,31-32,34-35H,3-14,23-26H2,1-2H3. The summed E-state index contributed by atoms with van der Waals surface area (Å²) in [7, 11) is 0. The van der Waals surface area contributed by atoms with Gasteiger partial charge in [0, 0.05) is 11.8 Å². The van der Waals surface area contributed by atoms with E-state index in [-0.39, 0.29) is 30.8 Å². The number of hydrogen-bond donors (Lipinski definition) is 2. The summed E-state index contributed by atoms with van der Waals surface area (Å²) < 4.78 is 0. The van der Waals surface area contributed by atoms with Crippen molar-refractivity contribution in [3.05, 3.63) is 70.8 Å². The molecule has 36 heavy (non-hydrogen) atoms. The van der Waals surface area contributed by atoms with E-state index in [0.717, 1.165) is 60.8 Å². The minimum Gasteiger partial charge on any atom is -0.392 e. The molecule has 0 saturated carbocycles. The Balaban J connectivity index is 2.28. The van der Waals surface area contributed by atoms with Gasteiger partial charge in [-0.15, -0.1) is 0 Å². The molecule has 200 valence electrons. The molecule has 3 heteroatoms. The van der Waals surface area contributed by atoms with Gasteiger partial charge in [-0.1, -0.05) is 139 Å². The SMILES string of the molecule is CCCCCCCCC(C(=O)C(CCCCCCCC)c1ccccc1CO)c1ccccc1CO. The number of rotatable bonds is 20. The predicted octanol–water partition coefficient (Wildman–Crippen LogP) is 8.61. The fourth-order valence-corrected chi connectivity index (χ4v) is 5.44. The highest BCUT2D eigenvalue weighted by atomic mass is 16.3. The van der Waals surface area contributed by atoms with Crippen LogP contribution >= 0.6 is 0 Å². The summed E-state index contributed by atoms with van der Waals surface area (Å²) in [4.78, 5) is 14.3. The van der Waals surface area contributed by atoms with Crippen molar-refractivity contribution in [2.24, 2.45) is 0 Å². The second kappa shape index (κ2) is 18.3. The van der Waals surface area contributed by atoms with Gasteiger partial charge in [0.05, 0.1) is 13.2 Å². The van der Waals surface area contributed by atoms with E-state index in [0.29, 0.717) is 0 Å². The van der Waals surface area contributed by atoms with Gasteiger partial charge >= 0.3 is 0 Å². The molecule has 0 aliphatic rings. The van der Waals surface area contributed by atoms with Crippen LogP contribution in [0, 0.1) is 0 Å². The van der Waals surface area contributed by atoms with Gasteiger partial charge in [0.15, 0.2) is 0 Å². The molecule has 2 atom stereocenters. The maximum absolute atomic E-state index is 14.3. The molecule has 2 aromatic carbocycles. The van der Waals surface area contributed by atoms with E-state index in [1.807, 2.05) is 48.5 Å². The van der Waals surface area contributed by atoms with E-state index in [1.165, 1.54) is 51.4 Å². The summed E-state index contributed by atoms with van der Waals surface area (Å²) in [6, 6.07) is 15.8. The van der Waals surface area contributed by atoms with Gasteiger partial charge in [-0.2, -0.15) is 0 Å². The predicted molar refractivity (Wildman–Crippen MR) is 151 cm³/mol. The quantitative estimate of drug-likeness (QED) is 0.181. The number of benzene rings is 2. The first-order chi connectivity index (χ1) is 17.7. The minimum atomic E-state index is -0.226. The number of carbonyl (C=O) groups is 1. The van der Waals surface area contributed by atoms with Gasteiger partial charge in [-0.25, -0.2) is 0 Å². The van der Waals surface area contributed by atoms with Crippen molar-refractivity contribution >= 4 is 5.78 Å². The third-order valence-corrected chi connectivity index (χ3v) is 7.58. The molecule has 0 radical (unpaired) electrons. The molecular weight excluding hydrogens is 444 g/mol. The van der Waals surface area contributed by atoms with E-state index in [9.17, 15) is 15.0 Å². The summed E-state index contributed by atoms with van der Waals surface area (Å²) in [6.07, 6.45) is 15.9. The second-order valence-electron chi connectivity index (χ2n) is 10.3. The first-order valence-corrected chi connectivity index (χ1v) is 14.6. The summed E-state index contributed by atoms with van der Waals surface area (Å²) in [5.41, 5.74) is 3.67. The number of ketones is 1. The Bertz CT molecular complexity index is 790. The van der Waals surface area contributed by atoms with E-state index in [2.05, 4.69) is 13.8 Å². The van der Waals surface area contributed by atoms with Gasteiger partial charge in [0.1, 0.15) is 5.78 Å². The summed E-state index contributed by atoms with van der Waals surface area (Å²) in [6.45, 7) is 4.36. The van der Waals surface area contributed by atoms with Crippen molar-refractivity contribution in [3.63, 3.8) is 0 Å². The first-order valence-electron chi connectivity index (χ1n) is 14.6. The van der Waals surface area contributed by atoms with Crippen LogP contribution in [0.25, 0.3) is 0 Å². The van der Waals surface area contributed by atoms with Crippen LogP contribution in [0.15, 0.2) is 48.5 Å². The van der Waals surface area contributed by atoms with Crippen LogP contribution in [0.1, 0.15) is 138 Å². The summed E-state index contributed by atoms with van der Waals surface area (Å²) >= 11 is 0. The van der Waals surface area contributed by atoms with Gasteiger partial charge in [-0.3, -0.25) is 4.79 Å². The third-order valence-electron chi connectivity index (χ3n) is 7.58. The summed E-state index contributed by atoms with van der Waals surface area (Å²) in [5, 5.41) is 20.1. The van der Waals surface area contributed by atoms with Crippen molar-refractivity contribution in [1.29, 1.82) is 0 Å².